The van der Waals surface area contributed by atoms with Crippen LogP contribution < -0.4 is 4.74 Å². The summed E-state index contributed by atoms with van der Waals surface area (Å²) in [6, 6.07) is 7.90. The van der Waals surface area contributed by atoms with Gasteiger partial charge in [-0.1, -0.05) is 46.0 Å². The van der Waals surface area contributed by atoms with Crippen molar-refractivity contribution < 1.29 is 9.84 Å². The van der Waals surface area contributed by atoms with Gasteiger partial charge in [-0.2, -0.15) is 0 Å². The molecule has 3 nitrogen and oxygen atoms in total. The number of nitrogens with zero attached hydrogens (tertiary/aromatic N) is 1. The van der Waals surface area contributed by atoms with Crippen molar-refractivity contribution in [3.05, 3.63) is 29.8 Å². The van der Waals surface area contributed by atoms with Gasteiger partial charge in [-0.15, -0.1) is 0 Å². The van der Waals surface area contributed by atoms with Crippen LogP contribution in [-0.2, 0) is 5.60 Å². The van der Waals surface area contributed by atoms with Crippen molar-refractivity contribution in [2.45, 2.75) is 57.3 Å². The maximum absolute atomic E-state index is 11.2. The molecule has 0 aromatic heterocycles. The van der Waals surface area contributed by atoms with E-state index in [1.165, 1.54) is 0 Å². The fraction of sp³-hybridized carbons (Fsp3) is 0.667. The summed E-state index contributed by atoms with van der Waals surface area (Å²) < 4.78 is 7.81. The number of rotatable bonds is 3. The number of piperidine rings is 1. The van der Waals surface area contributed by atoms with E-state index in [9.17, 15) is 5.11 Å². The minimum Gasteiger partial charge on any atom is -0.497 e. The topological polar surface area (TPSA) is 32.7 Å². The van der Waals surface area contributed by atoms with E-state index in [0.717, 1.165) is 37.2 Å². The van der Waals surface area contributed by atoms with Crippen molar-refractivity contribution in [2.75, 3.05) is 20.2 Å². The highest BCUT2D eigenvalue weighted by Gasteiger charge is 2.46. The first-order valence-electron chi connectivity index (χ1n) is 8.22. The molecule has 1 unspecified atom stereocenters. The predicted octanol–water partition coefficient (Wildman–Crippen LogP) is 3.98. The lowest BCUT2D eigenvalue weighted by atomic mass is 9.86. The van der Waals surface area contributed by atoms with Crippen LogP contribution in [0.25, 0.3) is 0 Å². The molecule has 0 amide bonds. The number of ether oxygens (including phenoxy) is 1. The summed E-state index contributed by atoms with van der Waals surface area (Å²) in [7, 11) is 0.0752. The lowest BCUT2D eigenvalue weighted by Gasteiger charge is -2.51. The number of hydrogen-bond donors (Lipinski definition) is 1. The molecule has 22 heavy (non-hydrogen) atoms. The zero-order valence-electron chi connectivity index (χ0n) is 14.9. The summed E-state index contributed by atoms with van der Waals surface area (Å²) in [5, 5.41) is 11.5. The van der Waals surface area contributed by atoms with Crippen LogP contribution in [0.2, 0.25) is 18.1 Å². The molecule has 124 valence electrons. The first kappa shape index (κ1) is 17.5. The van der Waals surface area contributed by atoms with Gasteiger partial charge in [-0.25, -0.2) is 0 Å². The SMILES string of the molecule is COc1ccc(C2(O)CCCN([Si](C)(C)C(C)(C)C)C2)cc1. The molecule has 0 saturated carbocycles. The van der Waals surface area contributed by atoms with Gasteiger partial charge < -0.3 is 14.4 Å². The summed E-state index contributed by atoms with van der Waals surface area (Å²) in [5.41, 5.74) is 0.275. The Balaban J connectivity index is 2.24. The summed E-state index contributed by atoms with van der Waals surface area (Å²) in [6.07, 6.45) is 1.89. The average molecular weight is 322 g/mol. The van der Waals surface area contributed by atoms with E-state index in [2.05, 4.69) is 38.4 Å². The summed E-state index contributed by atoms with van der Waals surface area (Å²) in [4.78, 5) is 0. The minimum atomic E-state index is -1.59. The zero-order chi connectivity index (χ0) is 16.6. The van der Waals surface area contributed by atoms with Crippen LogP contribution >= 0.6 is 0 Å². The van der Waals surface area contributed by atoms with Crippen LogP contribution in [-0.4, -0.2) is 38.1 Å². The Labute approximate surface area is 136 Å². The van der Waals surface area contributed by atoms with Crippen molar-refractivity contribution in [3.63, 3.8) is 0 Å². The third kappa shape index (κ3) is 3.24. The Morgan fingerprint density at radius 3 is 2.27 bits per heavy atom. The van der Waals surface area contributed by atoms with Crippen LogP contribution in [0.15, 0.2) is 24.3 Å². The van der Waals surface area contributed by atoms with Crippen LogP contribution in [0.4, 0.5) is 0 Å². The highest BCUT2D eigenvalue weighted by atomic mass is 28.3. The highest BCUT2D eigenvalue weighted by molar-refractivity contribution is 6.77. The zero-order valence-corrected chi connectivity index (χ0v) is 15.9. The number of hydrogen-bond acceptors (Lipinski definition) is 3. The Bertz CT molecular complexity index is 507. The second kappa shape index (κ2) is 5.98. The van der Waals surface area contributed by atoms with E-state index in [0.29, 0.717) is 5.04 Å². The number of methoxy groups -OCH3 is 1. The molecule has 1 aliphatic heterocycles. The van der Waals surface area contributed by atoms with E-state index in [4.69, 9.17) is 4.74 Å². The molecule has 1 heterocycles. The van der Waals surface area contributed by atoms with Crippen molar-refractivity contribution in [1.29, 1.82) is 0 Å². The predicted molar refractivity (Wildman–Crippen MR) is 94.9 cm³/mol. The molecule has 1 atom stereocenters. The number of benzene rings is 1. The van der Waals surface area contributed by atoms with E-state index >= 15 is 0 Å². The first-order chi connectivity index (χ1) is 10.1. The molecule has 4 heteroatoms. The molecule has 1 N–H and O–H groups in total. The quantitative estimate of drug-likeness (QED) is 0.855. The molecule has 1 aromatic carbocycles. The van der Waals surface area contributed by atoms with Crippen LogP contribution in [0, 0.1) is 0 Å². The standard InChI is InChI=1S/C18H31NO2Si/c1-17(2,3)22(5,6)19-13-7-12-18(20,14-19)15-8-10-16(21-4)11-9-15/h8-11,20H,7,12-14H2,1-6H3. The van der Waals surface area contributed by atoms with Crippen molar-refractivity contribution >= 4 is 8.24 Å². The Hall–Kier alpha value is -0.843. The maximum atomic E-state index is 11.2. The lowest BCUT2D eigenvalue weighted by Crippen LogP contribution is -2.61. The van der Waals surface area contributed by atoms with E-state index in [1.54, 1.807) is 7.11 Å². The molecule has 0 radical (unpaired) electrons. The lowest BCUT2D eigenvalue weighted by molar-refractivity contribution is -0.0162. The van der Waals surface area contributed by atoms with Gasteiger partial charge in [0.15, 0.2) is 0 Å². The van der Waals surface area contributed by atoms with Gasteiger partial charge in [0, 0.05) is 6.54 Å². The molecule has 1 fully saturated rings. The molecular weight excluding hydrogens is 290 g/mol. The molecular formula is C18H31NO2Si. The van der Waals surface area contributed by atoms with E-state index in [1.807, 2.05) is 24.3 Å². The maximum Gasteiger partial charge on any atom is 0.127 e. The normalized spacial score (nSPS) is 24.3. The molecule has 0 aliphatic carbocycles. The van der Waals surface area contributed by atoms with Gasteiger partial charge in [-0.05, 0) is 42.1 Å². The molecule has 0 bridgehead atoms. The summed E-state index contributed by atoms with van der Waals surface area (Å²) in [5.74, 6) is 0.837. The van der Waals surface area contributed by atoms with E-state index in [-0.39, 0.29) is 0 Å². The van der Waals surface area contributed by atoms with Gasteiger partial charge >= 0.3 is 0 Å². The van der Waals surface area contributed by atoms with Crippen molar-refractivity contribution in [1.82, 2.24) is 4.57 Å². The van der Waals surface area contributed by atoms with Gasteiger partial charge in [0.25, 0.3) is 0 Å². The van der Waals surface area contributed by atoms with Gasteiger partial charge in [0.05, 0.1) is 7.11 Å². The fourth-order valence-electron chi connectivity index (χ4n) is 3.12. The van der Waals surface area contributed by atoms with Crippen molar-refractivity contribution in [2.24, 2.45) is 0 Å². The molecule has 0 spiro atoms. The second-order valence-electron chi connectivity index (χ2n) is 8.09. The Morgan fingerprint density at radius 2 is 1.77 bits per heavy atom. The smallest absolute Gasteiger partial charge is 0.127 e. The average Bonchev–Trinajstić information content (AvgIpc) is 2.46. The fourth-order valence-corrected chi connectivity index (χ4v) is 5.45. The molecule has 2 rings (SSSR count). The van der Waals surface area contributed by atoms with E-state index < -0.39 is 13.8 Å². The van der Waals surface area contributed by atoms with Crippen molar-refractivity contribution in [3.8, 4) is 5.75 Å². The molecule has 1 aromatic rings. The third-order valence-corrected chi connectivity index (χ3v) is 11.4. The summed E-state index contributed by atoms with van der Waals surface area (Å²) >= 11 is 0. The van der Waals surface area contributed by atoms with Gasteiger partial charge in [-0.3, -0.25) is 0 Å². The van der Waals surface area contributed by atoms with Gasteiger partial charge in [0.1, 0.15) is 19.6 Å². The monoisotopic (exact) mass is 321 g/mol. The van der Waals surface area contributed by atoms with Gasteiger partial charge in [0.2, 0.25) is 0 Å². The summed E-state index contributed by atoms with van der Waals surface area (Å²) in [6.45, 7) is 13.7. The third-order valence-electron chi connectivity index (χ3n) is 5.72. The number of β-amino-alcohol motifs (C(OH)–C–C–N with tert-alkyl or cyclic N) is 1. The van der Waals surface area contributed by atoms with Crippen LogP contribution in [0.5, 0.6) is 5.75 Å². The largest absolute Gasteiger partial charge is 0.497 e. The minimum absolute atomic E-state index is 0.297. The first-order valence-corrected chi connectivity index (χ1v) is 11.2. The molecule has 1 saturated heterocycles. The Kier molecular flexibility index (Phi) is 4.76. The second-order valence-corrected chi connectivity index (χ2v) is 13.3. The Morgan fingerprint density at radius 1 is 1.18 bits per heavy atom. The number of aliphatic hydroxyl groups is 1. The molecule has 1 aliphatic rings. The van der Waals surface area contributed by atoms with Crippen LogP contribution in [0.3, 0.4) is 0 Å². The highest BCUT2D eigenvalue weighted by Crippen LogP contribution is 2.42. The van der Waals surface area contributed by atoms with Crippen LogP contribution in [0.1, 0.15) is 39.2 Å².